The summed E-state index contributed by atoms with van der Waals surface area (Å²) in [5.74, 6) is 1.53. The first-order chi connectivity index (χ1) is 7.81. The van der Waals surface area contributed by atoms with Crippen molar-refractivity contribution >= 4 is 0 Å². The molecule has 1 aromatic rings. The van der Waals surface area contributed by atoms with E-state index in [1.807, 2.05) is 0 Å². The van der Waals surface area contributed by atoms with Crippen molar-refractivity contribution in [2.24, 2.45) is 0 Å². The van der Waals surface area contributed by atoms with Crippen LogP contribution in [0.5, 0.6) is 5.75 Å². The third-order valence-electron chi connectivity index (χ3n) is 3.27. The summed E-state index contributed by atoms with van der Waals surface area (Å²) in [5.41, 5.74) is 4.36. The Kier molecular flexibility index (Phi) is 4.24. The minimum atomic E-state index is 0.196. The SMILES string of the molecule is CCc1cc(OC)c(C(C)C)cc1C(C)(C)C. The summed E-state index contributed by atoms with van der Waals surface area (Å²) in [4.78, 5) is 0. The smallest absolute Gasteiger partial charge is 0.122 e. The molecule has 0 bridgehead atoms. The highest BCUT2D eigenvalue weighted by atomic mass is 16.5. The van der Waals surface area contributed by atoms with Crippen molar-refractivity contribution in [1.29, 1.82) is 0 Å². The van der Waals surface area contributed by atoms with E-state index in [4.69, 9.17) is 4.74 Å². The molecule has 1 heteroatoms. The molecule has 1 nitrogen and oxygen atoms in total. The molecule has 0 aliphatic rings. The Balaban J connectivity index is 3.45. The van der Waals surface area contributed by atoms with Gasteiger partial charge in [0.1, 0.15) is 5.75 Å². The van der Waals surface area contributed by atoms with Crippen LogP contribution in [0.4, 0.5) is 0 Å². The van der Waals surface area contributed by atoms with Crippen molar-refractivity contribution in [2.75, 3.05) is 7.11 Å². The minimum absolute atomic E-state index is 0.196. The summed E-state index contributed by atoms with van der Waals surface area (Å²) in [7, 11) is 1.76. The average Bonchev–Trinajstić information content (AvgIpc) is 2.25. The number of rotatable bonds is 3. The Bertz CT molecular complexity index is 383. The summed E-state index contributed by atoms with van der Waals surface area (Å²) in [6, 6.07) is 4.55. The van der Waals surface area contributed by atoms with Crippen molar-refractivity contribution in [3.8, 4) is 5.75 Å². The summed E-state index contributed by atoms with van der Waals surface area (Å²) in [6.45, 7) is 13.5. The lowest BCUT2D eigenvalue weighted by molar-refractivity contribution is 0.406. The van der Waals surface area contributed by atoms with Crippen molar-refractivity contribution in [3.63, 3.8) is 0 Å². The zero-order valence-corrected chi connectivity index (χ0v) is 12.3. The Labute approximate surface area is 106 Å². The van der Waals surface area contributed by atoms with Gasteiger partial charge in [0, 0.05) is 0 Å². The predicted octanol–water partition coefficient (Wildman–Crippen LogP) is 4.68. The molecule has 0 amide bonds. The molecular formula is C16H26O. The summed E-state index contributed by atoms with van der Waals surface area (Å²) in [5, 5.41) is 0. The number of ether oxygens (including phenoxy) is 1. The van der Waals surface area contributed by atoms with Crippen LogP contribution in [0.3, 0.4) is 0 Å². The van der Waals surface area contributed by atoms with Gasteiger partial charge in [0.05, 0.1) is 7.11 Å². The molecule has 96 valence electrons. The zero-order valence-electron chi connectivity index (χ0n) is 12.3. The molecule has 17 heavy (non-hydrogen) atoms. The lowest BCUT2D eigenvalue weighted by Crippen LogP contribution is -2.15. The first kappa shape index (κ1) is 14.1. The number of hydrogen-bond donors (Lipinski definition) is 0. The number of methoxy groups -OCH3 is 1. The third-order valence-corrected chi connectivity index (χ3v) is 3.27. The van der Waals surface area contributed by atoms with Crippen LogP contribution in [0.25, 0.3) is 0 Å². The molecule has 0 atom stereocenters. The quantitative estimate of drug-likeness (QED) is 0.738. The number of hydrogen-bond acceptors (Lipinski definition) is 1. The van der Waals surface area contributed by atoms with Gasteiger partial charge in [-0.05, 0) is 40.5 Å². The predicted molar refractivity (Wildman–Crippen MR) is 75.2 cm³/mol. The van der Waals surface area contributed by atoms with Gasteiger partial charge in [-0.1, -0.05) is 47.6 Å². The van der Waals surface area contributed by atoms with Crippen LogP contribution >= 0.6 is 0 Å². The topological polar surface area (TPSA) is 9.23 Å². The molecule has 0 saturated carbocycles. The molecule has 0 N–H and O–H groups in total. The average molecular weight is 234 g/mol. The highest BCUT2D eigenvalue weighted by molar-refractivity contribution is 5.46. The van der Waals surface area contributed by atoms with E-state index in [1.54, 1.807) is 7.11 Å². The largest absolute Gasteiger partial charge is 0.496 e. The van der Waals surface area contributed by atoms with Gasteiger partial charge in [0.2, 0.25) is 0 Å². The van der Waals surface area contributed by atoms with Crippen molar-refractivity contribution < 1.29 is 4.74 Å². The minimum Gasteiger partial charge on any atom is -0.496 e. The molecule has 0 aliphatic carbocycles. The number of benzene rings is 1. The first-order valence-electron chi connectivity index (χ1n) is 6.52. The zero-order chi connectivity index (χ0) is 13.2. The van der Waals surface area contributed by atoms with E-state index in [9.17, 15) is 0 Å². The highest BCUT2D eigenvalue weighted by Crippen LogP contribution is 2.35. The lowest BCUT2D eigenvalue weighted by atomic mass is 9.80. The van der Waals surface area contributed by atoms with E-state index in [1.165, 1.54) is 16.7 Å². The Morgan fingerprint density at radius 2 is 1.76 bits per heavy atom. The molecule has 1 rings (SSSR count). The maximum absolute atomic E-state index is 5.52. The second-order valence-electron chi connectivity index (χ2n) is 6.01. The fourth-order valence-corrected chi connectivity index (χ4v) is 2.26. The first-order valence-corrected chi connectivity index (χ1v) is 6.52. The van der Waals surface area contributed by atoms with Crippen molar-refractivity contribution in [3.05, 3.63) is 28.8 Å². The van der Waals surface area contributed by atoms with Crippen LogP contribution < -0.4 is 4.74 Å². The highest BCUT2D eigenvalue weighted by Gasteiger charge is 2.20. The van der Waals surface area contributed by atoms with Crippen LogP contribution in [-0.2, 0) is 11.8 Å². The van der Waals surface area contributed by atoms with Crippen LogP contribution in [0, 0.1) is 0 Å². The fraction of sp³-hybridized carbons (Fsp3) is 0.625. The van der Waals surface area contributed by atoms with Gasteiger partial charge in [0.25, 0.3) is 0 Å². The fourth-order valence-electron chi connectivity index (χ4n) is 2.26. The van der Waals surface area contributed by atoms with Gasteiger partial charge in [-0.25, -0.2) is 0 Å². The second kappa shape index (κ2) is 5.12. The summed E-state index contributed by atoms with van der Waals surface area (Å²) < 4.78 is 5.52. The van der Waals surface area contributed by atoms with Crippen LogP contribution in [0.2, 0.25) is 0 Å². The van der Waals surface area contributed by atoms with Crippen LogP contribution in [0.15, 0.2) is 12.1 Å². The van der Waals surface area contributed by atoms with E-state index in [0.29, 0.717) is 5.92 Å². The van der Waals surface area contributed by atoms with E-state index in [0.717, 1.165) is 12.2 Å². The van der Waals surface area contributed by atoms with E-state index in [2.05, 4.69) is 53.7 Å². The molecule has 0 heterocycles. The van der Waals surface area contributed by atoms with Gasteiger partial charge < -0.3 is 4.74 Å². The standard InChI is InChI=1S/C16H26O/c1-8-12-9-15(17-7)13(11(2)3)10-14(12)16(4,5)6/h9-11H,8H2,1-7H3. The van der Waals surface area contributed by atoms with Gasteiger partial charge in [-0.15, -0.1) is 0 Å². The van der Waals surface area contributed by atoms with Gasteiger partial charge in [0.15, 0.2) is 0 Å². The van der Waals surface area contributed by atoms with E-state index in [-0.39, 0.29) is 5.41 Å². The van der Waals surface area contributed by atoms with Crippen molar-refractivity contribution in [1.82, 2.24) is 0 Å². The summed E-state index contributed by atoms with van der Waals surface area (Å²) >= 11 is 0. The molecule has 0 aliphatic heterocycles. The monoisotopic (exact) mass is 234 g/mol. The molecule has 1 aromatic carbocycles. The van der Waals surface area contributed by atoms with Crippen LogP contribution in [0.1, 0.15) is 64.2 Å². The lowest BCUT2D eigenvalue weighted by Gasteiger charge is -2.25. The van der Waals surface area contributed by atoms with Gasteiger partial charge >= 0.3 is 0 Å². The molecule has 0 unspecified atom stereocenters. The Morgan fingerprint density at radius 3 is 2.12 bits per heavy atom. The molecule has 0 radical (unpaired) electrons. The van der Waals surface area contributed by atoms with Gasteiger partial charge in [-0.2, -0.15) is 0 Å². The molecule has 0 fully saturated rings. The second-order valence-corrected chi connectivity index (χ2v) is 6.01. The Hall–Kier alpha value is -0.980. The van der Waals surface area contributed by atoms with Gasteiger partial charge in [-0.3, -0.25) is 0 Å². The van der Waals surface area contributed by atoms with E-state index < -0.39 is 0 Å². The van der Waals surface area contributed by atoms with Crippen molar-refractivity contribution in [2.45, 2.75) is 59.3 Å². The molecular weight excluding hydrogens is 208 g/mol. The molecule has 0 saturated heterocycles. The summed E-state index contributed by atoms with van der Waals surface area (Å²) in [6.07, 6.45) is 1.06. The molecule has 0 spiro atoms. The maximum Gasteiger partial charge on any atom is 0.122 e. The normalized spacial score (nSPS) is 12.0. The van der Waals surface area contributed by atoms with Crippen LogP contribution in [-0.4, -0.2) is 7.11 Å². The maximum atomic E-state index is 5.52. The van der Waals surface area contributed by atoms with E-state index >= 15 is 0 Å². The number of aryl methyl sites for hydroxylation is 1. The molecule has 0 aromatic heterocycles. The third kappa shape index (κ3) is 3.02. The Morgan fingerprint density at radius 1 is 1.18 bits per heavy atom.